The Labute approximate surface area is 173 Å². The summed E-state index contributed by atoms with van der Waals surface area (Å²) in [5.74, 6) is 0.946. The molecule has 0 N–H and O–H groups in total. The van der Waals surface area contributed by atoms with Crippen LogP contribution >= 0.6 is 33.9 Å². The molecule has 0 radical (unpaired) electrons. The number of aryl methyl sites for hydroxylation is 1. The van der Waals surface area contributed by atoms with Gasteiger partial charge in [-0.1, -0.05) is 52.1 Å². The van der Waals surface area contributed by atoms with Crippen molar-refractivity contribution in [3.05, 3.63) is 53.0 Å². The summed E-state index contributed by atoms with van der Waals surface area (Å²) in [5, 5.41) is 1.26. The van der Waals surface area contributed by atoms with Crippen LogP contribution in [0.2, 0.25) is 0 Å². The molecule has 1 heterocycles. The average molecular weight is 479 g/mol. The molecule has 0 amide bonds. The summed E-state index contributed by atoms with van der Waals surface area (Å²) in [6.45, 7) is 1.00. The van der Waals surface area contributed by atoms with E-state index in [1.165, 1.54) is 26.5 Å². The minimum Gasteiger partial charge on any atom is -0.490 e. The standard InChI is InChI=1S/C21H24IN2OS/c1-23(2)17-11-8-16(9-12-17)10-13-20-24(15-5-14-22)21-18(25-3)6-4-7-19(21)26-20/h4,6-13H,5,14-15H2,1-3H3/q+1. The molecule has 0 aliphatic heterocycles. The number of benzene rings is 2. The summed E-state index contributed by atoms with van der Waals surface area (Å²) < 4.78 is 10.4. The van der Waals surface area contributed by atoms with Gasteiger partial charge in [-0.05, 0) is 35.9 Å². The van der Waals surface area contributed by atoms with E-state index in [0.29, 0.717) is 0 Å². The number of methoxy groups -OCH3 is 1. The molecule has 5 heteroatoms. The van der Waals surface area contributed by atoms with Gasteiger partial charge in [0.15, 0.2) is 12.3 Å². The van der Waals surface area contributed by atoms with Gasteiger partial charge in [0.05, 0.1) is 7.11 Å². The van der Waals surface area contributed by atoms with Gasteiger partial charge in [-0.25, -0.2) is 0 Å². The Morgan fingerprint density at radius 3 is 2.54 bits per heavy atom. The van der Waals surface area contributed by atoms with Gasteiger partial charge in [0.2, 0.25) is 0 Å². The lowest BCUT2D eigenvalue weighted by atomic mass is 10.2. The maximum atomic E-state index is 5.62. The van der Waals surface area contributed by atoms with Crippen LogP contribution in [0.15, 0.2) is 42.5 Å². The molecule has 0 aliphatic rings. The molecular formula is C21H24IN2OS+. The zero-order chi connectivity index (χ0) is 18.5. The van der Waals surface area contributed by atoms with Gasteiger partial charge in [-0.15, -0.1) is 0 Å². The topological polar surface area (TPSA) is 16.4 Å². The molecule has 2 aromatic carbocycles. The number of para-hydroxylation sites is 1. The third-order valence-electron chi connectivity index (χ3n) is 4.28. The van der Waals surface area contributed by atoms with E-state index in [-0.39, 0.29) is 0 Å². The fourth-order valence-corrected chi connectivity index (χ4v) is 4.36. The van der Waals surface area contributed by atoms with Crippen molar-refractivity contribution in [1.29, 1.82) is 0 Å². The Kier molecular flexibility index (Phi) is 6.53. The number of alkyl halides is 1. The monoisotopic (exact) mass is 479 g/mol. The second kappa shape index (κ2) is 8.86. The highest BCUT2D eigenvalue weighted by Gasteiger charge is 2.22. The van der Waals surface area contributed by atoms with Gasteiger partial charge in [0.25, 0.3) is 10.5 Å². The van der Waals surface area contributed by atoms with E-state index in [0.717, 1.165) is 23.1 Å². The van der Waals surface area contributed by atoms with E-state index in [9.17, 15) is 0 Å². The fraction of sp³-hybridized carbons (Fsp3) is 0.286. The van der Waals surface area contributed by atoms with E-state index >= 15 is 0 Å². The summed E-state index contributed by atoms with van der Waals surface area (Å²) >= 11 is 4.26. The van der Waals surface area contributed by atoms with Crippen molar-refractivity contribution >= 4 is 62.0 Å². The van der Waals surface area contributed by atoms with Crippen LogP contribution < -0.4 is 14.2 Å². The maximum Gasteiger partial charge on any atom is 0.266 e. The number of rotatable bonds is 7. The molecule has 3 aromatic rings. The minimum atomic E-state index is 0.946. The number of thiazole rings is 1. The summed E-state index contributed by atoms with van der Waals surface area (Å²) in [7, 11) is 5.87. The van der Waals surface area contributed by atoms with E-state index in [4.69, 9.17) is 4.74 Å². The van der Waals surface area contributed by atoms with Crippen molar-refractivity contribution in [3.63, 3.8) is 0 Å². The Bertz CT molecular complexity index is 900. The molecule has 0 bridgehead atoms. The van der Waals surface area contributed by atoms with Crippen LogP contribution in [0.1, 0.15) is 17.0 Å². The molecule has 0 atom stereocenters. The first-order chi connectivity index (χ1) is 12.6. The van der Waals surface area contributed by atoms with Gasteiger partial charge >= 0.3 is 0 Å². The highest BCUT2D eigenvalue weighted by molar-refractivity contribution is 14.1. The molecule has 3 rings (SSSR count). The highest BCUT2D eigenvalue weighted by Crippen LogP contribution is 2.29. The summed E-state index contributed by atoms with van der Waals surface area (Å²) in [5.41, 5.74) is 3.62. The van der Waals surface area contributed by atoms with Gasteiger partial charge in [-0.3, -0.25) is 0 Å². The first-order valence-electron chi connectivity index (χ1n) is 8.65. The number of aromatic nitrogens is 1. The molecule has 3 nitrogen and oxygen atoms in total. The average Bonchev–Trinajstić information content (AvgIpc) is 3.02. The summed E-state index contributed by atoms with van der Waals surface area (Å²) in [6, 6.07) is 14.9. The van der Waals surface area contributed by atoms with E-state index < -0.39 is 0 Å². The SMILES string of the molecule is COc1cccc2sc(/C=C/c3ccc(N(C)C)cc3)[n+](CCCI)c12. The molecule has 0 unspecified atom stereocenters. The molecule has 0 aliphatic carbocycles. The van der Waals surface area contributed by atoms with Crippen LogP contribution in [-0.2, 0) is 6.54 Å². The van der Waals surface area contributed by atoms with E-state index in [1.807, 2.05) is 17.4 Å². The lowest BCUT2D eigenvalue weighted by Gasteiger charge is -2.11. The van der Waals surface area contributed by atoms with Crippen LogP contribution in [0.4, 0.5) is 5.69 Å². The van der Waals surface area contributed by atoms with Crippen LogP contribution in [0.25, 0.3) is 22.4 Å². The predicted molar refractivity (Wildman–Crippen MR) is 122 cm³/mol. The van der Waals surface area contributed by atoms with E-state index in [1.54, 1.807) is 7.11 Å². The third kappa shape index (κ3) is 4.20. The van der Waals surface area contributed by atoms with Gasteiger partial charge in [0, 0.05) is 36.7 Å². The summed E-state index contributed by atoms with van der Waals surface area (Å²) in [4.78, 5) is 2.11. The van der Waals surface area contributed by atoms with Gasteiger partial charge in [0.1, 0.15) is 4.70 Å². The number of fused-ring (bicyclic) bond motifs is 1. The smallest absolute Gasteiger partial charge is 0.266 e. The zero-order valence-corrected chi connectivity index (χ0v) is 18.4. The first kappa shape index (κ1) is 19.2. The zero-order valence-electron chi connectivity index (χ0n) is 15.4. The van der Waals surface area contributed by atoms with Crippen LogP contribution in [0.5, 0.6) is 5.75 Å². The minimum absolute atomic E-state index is 0.946. The maximum absolute atomic E-state index is 5.62. The van der Waals surface area contributed by atoms with Crippen LogP contribution in [0.3, 0.4) is 0 Å². The number of hydrogen-bond donors (Lipinski definition) is 0. The lowest BCUT2D eigenvalue weighted by Crippen LogP contribution is -2.35. The van der Waals surface area contributed by atoms with Gasteiger partial charge < -0.3 is 9.64 Å². The number of anilines is 1. The highest BCUT2D eigenvalue weighted by atomic mass is 127. The second-order valence-corrected chi connectivity index (χ2v) is 8.40. The summed E-state index contributed by atoms with van der Waals surface area (Å²) in [6.07, 6.45) is 5.56. The second-order valence-electron chi connectivity index (χ2n) is 6.26. The molecule has 0 saturated carbocycles. The van der Waals surface area contributed by atoms with Crippen molar-refractivity contribution < 1.29 is 9.30 Å². The van der Waals surface area contributed by atoms with Crippen LogP contribution in [-0.4, -0.2) is 25.6 Å². The molecule has 136 valence electrons. The molecule has 26 heavy (non-hydrogen) atoms. The van der Waals surface area contributed by atoms with E-state index in [2.05, 4.69) is 94.7 Å². The Balaban J connectivity index is 1.98. The Morgan fingerprint density at radius 2 is 1.88 bits per heavy atom. The molecule has 1 aromatic heterocycles. The number of halogens is 1. The van der Waals surface area contributed by atoms with Crippen molar-refractivity contribution in [1.82, 2.24) is 0 Å². The Morgan fingerprint density at radius 1 is 1.12 bits per heavy atom. The predicted octanol–water partition coefficient (Wildman–Crippen LogP) is 5.26. The number of hydrogen-bond acceptors (Lipinski definition) is 3. The lowest BCUT2D eigenvalue weighted by molar-refractivity contribution is -0.668. The normalized spacial score (nSPS) is 11.4. The number of ether oxygens (including phenoxy) is 1. The third-order valence-corrected chi connectivity index (χ3v) is 6.15. The van der Waals surface area contributed by atoms with Gasteiger partial charge in [-0.2, -0.15) is 4.57 Å². The van der Waals surface area contributed by atoms with Crippen LogP contribution in [0, 0.1) is 0 Å². The van der Waals surface area contributed by atoms with Crippen molar-refractivity contribution in [3.8, 4) is 5.75 Å². The van der Waals surface area contributed by atoms with Crippen molar-refractivity contribution in [2.24, 2.45) is 0 Å². The fourth-order valence-electron chi connectivity index (χ4n) is 2.91. The van der Waals surface area contributed by atoms with Crippen molar-refractivity contribution in [2.75, 3.05) is 30.5 Å². The molecule has 0 fully saturated rings. The Hall–Kier alpha value is -1.60. The molecule has 0 saturated heterocycles. The number of nitrogens with zero attached hydrogens (tertiary/aromatic N) is 2. The molecular weight excluding hydrogens is 455 g/mol. The molecule has 0 spiro atoms. The van der Waals surface area contributed by atoms with Crippen molar-refractivity contribution in [2.45, 2.75) is 13.0 Å². The quantitative estimate of drug-likeness (QED) is 0.261. The first-order valence-corrected chi connectivity index (χ1v) is 11.0. The largest absolute Gasteiger partial charge is 0.490 e.